The lowest BCUT2D eigenvalue weighted by molar-refractivity contribution is 0.0363. The van der Waals surface area contributed by atoms with Gasteiger partial charge in [-0.3, -0.25) is 4.79 Å². The molecule has 0 unspecified atom stereocenters. The summed E-state index contributed by atoms with van der Waals surface area (Å²) in [6.07, 6.45) is 0.0733. The maximum atomic E-state index is 15.0. The second-order valence-corrected chi connectivity index (χ2v) is 9.70. The number of nitrogens with one attached hydrogen (secondary N) is 1. The Hall–Kier alpha value is -3.02. The third-order valence-corrected chi connectivity index (χ3v) is 6.75. The zero-order chi connectivity index (χ0) is 26.0. The molecule has 1 saturated carbocycles. The van der Waals surface area contributed by atoms with Gasteiger partial charge in [-0.05, 0) is 55.2 Å². The molecule has 36 heavy (non-hydrogen) atoms. The van der Waals surface area contributed by atoms with Crippen LogP contribution >= 0.6 is 15.9 Å². The Morgan fingerprint density at radius 3 is 2.67 bits per heavy atom. The van der Waals surface area contributed by atoms with Crippen LogP contribution in [0.4, 0.5) is 19.0 Å². The number of aliphatic hydroxyl groups excluding tert-OH is 1. The van der Waals surface area contributed by atoms with Gasteiger partial charge in [0, 0.05) is 22.5 Å². The van der Waals surface area contributed by atoms with Crippen LogP contribution in [-0.2, 0) is 0 Å². The largest absolute Gasteiger partial charge is 0.390 e. The molecule has 1 aliphatic carbocycles. The molecule has 0 radical (unpaired) electrons. The number of alkyl halides is 1. The van der Waals surface area contributed by atoms with Crippen LogP contribution in [0.25, 0.3) is 11.3 Å². The molecular formula is C25H25BrF3N5O2. The quantitative estimate of drug-likeness (QED) is 0.356. The Kier molecular flexibility index (Phi) is 7.91. The first kappa shape index (κ1) is 26.1. The van der Waals surface area contributed by atoms with E-state index in [9.17, 15) is 18.7 Å². The van der Waals surface area contributed by atoms with Crippen LogP contribution in [0, 0.1) is 11.6 Å². The molecule has 0 spiro atoms. The summed E-state index contributed by atoms with van der Waals surface area (Å²) in [7, 11) is 0. The lowest BCUT2D eigenvalue weighted by atomic mass is 9.84. The number of nitrogen functional groups attached to an aromatic ring is 1. The predicted molar refractivity (Wildman–Crippen MR) is 133 cm³/mol. The van der Waals surface area contributed by atoms with Gasteiger partial charge in [0.15, 0.2) is 0 Å². The number of carbonyl (C=O) groups is 1. The lowest BCUT2D eigenvalue weighted by Gasteiger charge is -2.28. The zero-order valence-corrected chi connectivity index (χ0v) is 20.7. The highest BCUT2D eigenvalue weighted by atomic mass is 79.9. The smallest absolute Gasteiger partial charge is 0.254 e. The molecule has 190 valence electrons. The summed E-state index contributed by atoms with van der Waals surface area (Å²) in [6, 6.07) is 7.29. The summed E-state index contributed by atoms with van der Waals surface area (Å²) >= 11 is 3.20. The number of anilines is 1. The molecule has 2 aromatic carbocycles. The number of nitrogens with zero attached hydrogens (tertiary/aromatic N) is 2. The second kappa shape index (κ2) is 10.9. The van der Waals surface area contributed by atoms with Gasteiger partial charge in [0.2, 0.25) is 0 Å². The van der Waals surface area contributed by atoms with Crippen molar-refractivity contribution in [3.05, 3.63) is 75.5 Å². The van der Waals surface area contributed by atoms with Crippen molar-refractivity contribution >= 4 is 27.7 Å². The van der Waals surface area contributed by atoms with Gasteiger partial charge in [-0.1, -0.05) is 22.0 Å². The van der Waals surface area contributed by atoms with Gasteiger partial charge in [-0.2, -0.15) is 0 Å². The summed E-state index contributed by atoms with van der Waals surface area (Å²) in [5.41, 5.74) is 13.0. The minimum Gasteiger partial charge on any atom is -0.390 e. The molecule has 6 N–H and O–H groups in total. The summed E-state index contributed by atoms with van der Waals surface area (Å²) < 4.78 is 43.3. The normalized spacial score (nSPS) is 20.7. The molecule has 7 nitrogen and oxygen atoms in total. The third-order valence-electron chi connectivity index (χ3n) is 6.29. The Labute approximate surface area is 214 Å². The third kappa shape index (κ3) is 5.69. The number of carbonyl (C=O) groups excluding carboxylic acids is 1. The summed E-state index contributed by atoms with van der Waals surface area (Å²) in [4.78, 5) is 21.4. The Morgan fingerprint density at radius 2 is 2.00 bits per heavy atom. The maximum absolute atomic E-state index is 15.0. The van der Waals surface area contributed by atoms with Gasteiger partial charge in [-0.25, -0.2) is 23.1 Å². The van der Waals surface area contributed by atoms with Gasteiger partial charge in [0.05, 0.1) is 29.6 Å². The van der Waals surface area contributed by atoms with E-state index in [1.165, 1.54) is 30.5 Å². The van der Waals surface area contributed by atoms with Crippen molar-refractivity contribution in [1.82, 2.24) is 15.3 Å². The Balaban J connectivity index is 1.56. The van der Waals surface area contributed by atoms with E-state index in [4.69, 9.17) is 11.5 Å². The molecule has 4 rings (SSSR count). The van der Waals surface area contributed by atoms with Crippen LogP contribution < -0.4 is 16.8 Å². The summed E-state index contributed by atoms with van der Waals surface area (Å²) in [5.74, 6) is -2.24. The average Bonchev–Trinajstić information content (AvgIpc) is 2.83. The molecule has 0 aliphatic heterocycles. The molecule has 1 aromatic heterocycles. The second-order valence-electron chi connectivity index (χ2n) is 8.78. The highest BCUT2D eigenvalue weighted by Crippen LogP contribution is 2.35. The molecule has 4 atom stereocenters. The van der Waals surface area contributed by atoms with E-state index < -0.39 is 35.9 Å². The van der Waals surface area contributed by atoms with E-state index in [1.807, 2.05) is 0 Å². The minimum absolute atomic E-state index is 0.0296. The van der Waals surface area contributed by atoms with E-state index in [2.05, 4.69) is 31.2 Å². The fourth-order valence-electron chi connectivity index (χ4n) is 4.33. The van der Waals surface area contributed by atoms with E-state index in [-0.39, 0.29) is 36.0 Å². The van der Waals surface area contributed by atoms with Crippen LogP contribution in [0.2, 0.25) is 0 Å². The first-order valence-corrected chi connectivity index (χ1v) is 12.2. The molecule has 3 aromatic rings. The number of aliphatic hydroxyl groups is 1. The van der Waals surface area contributed by atoms with Gasteiger partial charge in [-0.15, -0.1) is 0 Å². The topological polar surface area (TPSA) is 127 Å². The fraction of sp³-hybridized carbons (Fsp3) is 0.320. The molecule has 11 heteroatoms. The molecule has 1 heterocycles. The van der Waals surface area contributed by atoms with Crippen molar-refractivity contribution in [2.24, 2.45) is 5.73 Å². The predicted octanol–water partition coefficient (Wildman–Crippen LogP) is 4.16. The van der Waals surface area contributed by atoms with Gasteiger partial charge in [0.1, 0.15) is 29.3 Å². The van der Waals surface area contributed by atoms with Crippen LogP contribution in [0.15, 0.2) is 47.1 Å². The standard InChI is InChI=1S/C25H25BrF3N5O2/c26-15-5-14(6-16(27)9-15)20(10-30)34-25(36)17-3-1-13(8-18(17)28)23-24(31)32-11-21(33-23)12-2-4-22(35)19(29)7-12/h1,3,5-6,8-9,11-12,19-20,22,35H,2,4,7,10,30H2,(H2,31,32)(H,34,36)/t12-,19+,20+,22-/m0/s1. The zero-order valence-electron chi connectivity index (χ0n) is 19.1. The fourth-order valence-corrected chi connectivity index (χ4v) is 4.81. The number of benzene rings is 2. The number of hydrogen-bond donors (Lipinski definition) is 4. The van der Waals surface area contributed by atoms with Crippen molar-refractivity contribution in [3.63, 3.8) is 0 Å². The number of amides is 1. The molecule has 0 bridgehead atoms. The van der Waals surface area contributed by atoms with E-state index in [0.717, 1.165) is 6.07 Å². The molecule has 0 saturated heterocycles. The molecule has 1 aliphatic rings. The van der Waals surface area contributed by atoms with Crippen molar-refractivity contribution in [1.29, 1.82) is 0 Å². The molecule has 1 amide bonds. The first-order valence-electron chi connectivity index (χ1n) is 11.4. The first-order chi connectivity index (χ1) is 17.2. The van der Waals surface area contributed by atoms with Crippen molar-refractivity contribution in [2.45, 2.75) is 43.5 Å². The number of aromatic nitrogens is 2. The molecule has 1 fully saturated rings. The highest BCUT2D eigenvalue weighted by molar-refractivity contribution is 9.10. The van der Waals surface area contributed by atoms with E-state index in [1.54, 1.807) is 6.07 Å². The number of halogens is 4. The van der Waals surface area contributed by atoms with Crippen LogP contribution in [0.3, 0.4) is 0 Å². The SMILES string of the molecule is NC[C@@H](NC(=O)c1ccc(-c2nc([C@H]3CC[C@H](O)[C@H](F)C3)cnc2N)cc1F)c1cc(F)cc(Br)c1. The minimum atomic E-state index is -1.35. The van der Waals surface area contributed by atoms with Gasteiger partial charge < -0.3 is 21.9 Å². The Morgan fingerprint density at radius 1 is 1.22 bits per heavy atom. The van der Waals surface area contributed by atoms with Crippen LogP contribution in [0.5, 0.6) is 0 Å². The van der Waals surface area contributed by atoms with Crippen molar-refractivity contribution in [3.8, 4) is 11.3 Å². The van der Waals surface area contributed by atoms with Crippen molar-refractivity contribution < 1.29 is 23.1 Å². The van der Waals surface area contributed by atoms with Crippen LogP contribution in [-0.4, -0.2) is 39.8 Å². The summed E-state index contributed by atoms with van der Waals surface area (Å²) in [6.45, 7) is -0.0296. The number of rotatable bonds is 6. The number of nitrogens with two attached hydrogens (primary N) is 2. The maximum Gasteiger partial charge on any atom is 0.254 e. The van der Waals surface area contributed by atoms with Gasteiger partial charge in [0.25, 0.3) is 5.91 Å². The summed E-state index contributed by atoms with van der Waals surface area (Å²) in [5, 5.41) is 12.3. The number of hydrogen-bond acceptors (Lipinski definition) is 6. The highest BCUT2D eigenvalue weighted by Gasteiger charge is 2.31. The monoisotopic (exact) mass is 563 g/mol. The van der Waals surface area contributed by atoms with E-state index in [0.29, 0.717) is 34.1 Å². The van der Waals surface area contributed by atoms with Crippen molar-refractivity contribution in [2.75, 3.05) is 12.3 Å². The Bertz CT molecular complexity index is 1260. The van der Waals surface area contributed by atoms with Crippen LogP contribution in [0.1, 0.15) is 52.8 Å². The molecular weight excluding hydrogens is 539 g/mol. The lowest BCUT2D eigenvalue weighted by Crippen LogP contribution is -2.34. The average molecular weight is 564 g/mol. The van der Waals surface area contributed by atoms with Gasteiger partial charge >= 0.3 is 0 Å². The van der Waals surface area contributed by atoms with E-state index >= 15 is 4.39 Å².